The van der Waals surface area contributed by atoms with Crippen molar-refractivity contribution in [2.24, 2.45) is 5.92 Å². The van der Waals surface area contributed by atoms with Crippen LogP contribution in [-0.2, 0) is 20.7 Å². The summed E-state index contributed by atoms with van der Waals surface area (Å²) in [6.45, 7) is 0.890. The van der Waals surface area contributed by atoms with Crippen molar-refractivity contribution in [2.45, 2.75) is 12.8 Å². The number of methoxy groups -OCH3 is 2. The molecule has 0 spiro atoms. The third-order valence-corrected chi connectivity index (χ3v) is 3.65. The lowest BCUT2D eigenvalue weighted by molar-refractivity contribution is -0.145. The number of nitrogens with zero attached hydrogens (tertiary/aromatic N) is 1. The summed E-state index contributed by atoms with van der Waals surface area (Å²) in [5, 5.41) is 0. The Morgan fingerprint density at radius 3 is 2.76 bits per heavy atom. The van der Waals surface area contributed by atoms with Crippen molar-refractivity contribution in [3.05, 3.63) is 29.6 Å². The monoisotopic (exact) mass is 295 g/mol. The van der Waals surface area contributed by atoms with Gasteiger partial charge in [0.25, 0.3) is 0 Å². The zero-order valence-corrected chi connectivity index (χ0v) is 12.1. The number of carbonyl (C=O) groups excluding carboxylic acids is 2. The van der Waals surface area contributed by atoms with Crippen LogP contribution in [0.1, 0.15) is 12.0 Å². The van der Waals surface area contributed by atoms with E-state index in [-0.39, 0.29) is 30.0 Å². The largest absolute Gasteiger partial charge is 0.494 e. The number of likely N-dealkylation sites (tertiary alicyclic amines) is 1. The molecule has 1 atom stereocenters. The molecule has 1 saturated heterocycles. The molecule has 5 nitrogen and oxygen atoms in total. The second-order valence-corrected chi connectivity index (χ2v) is 4.99. The second-order valence-electron chi connectivity index (χ2n) is 4.99. The lowest BCUT2D eigenvalue weighted by Crippen LogP contribution is -2.31. The molecule has 1 aromatic carbocycles. The van der Waals surface area contributed by atoms with E-state index in [0.717, 1.165) is 0 Å². The summed E-state index contributed by atoms with van der Waals surface area (Å²) in [4.78, 5) is 25.2. The molecule has 0 saturated carbocycles. The van der Waals surface area contributed by atoms with Gasteiger partial charge in [-0.05, 0) is 24.1 Å². The quantitative estimate of drug-likeness (QED) is 0.788. The van der Waals surface area contributed by atoms with Gasteiger partial charge >= 0.3 is 5.97 Å². The standard InChI is InChI=1S/C15H18FNO4/c1-20-13-4-3-10(7-12(13)16)8-14(18)17-6-5-11(9-17)15(19)21-2/h3-4,7,11H,5-6,8-9H2,1-2H3. The molecule has 0 N–H and O–H groups in total. The van der Waals surface area contributed by atoms with E-state index in [0.29, 0.717) is 25.1 Å². The molecule has 1 heterocycles. The second kappa shape index (κ2) is 6.56. The Balaban J connectivity index is 1.96. The number of hydrogen-bond acceptors (Lipinski definition) is 4. The van der Waals surface area contributed by atoms with E-state index in [1.54, 1.807) is 11.0 Å². The van der Waals surface area contributed by atoms with Gasteiger partial charge in [0.05, 0.1) is 26.6 Å². The van der Waals surface area contributed by atoms with Gasteiger partial charge in [-0.15, -0.1) is 0 Å². The van der Waals surface area contributed by atoms with Crippen LogP contribution in [0.15, 0.2) is 18.2 Å². The topological polar surface area (TPSA) is 55.8 Å². The zero-order valence-electron chi connectivity index (χ0n) is 12.1. The van der Waals surface area contributed by atoms with E-state index in [1.165, 1.54) is 26.4 Å². The molecule has 1 unspecified atom stereocenters. The van der Waals surface area contributed by atoms with Crippen LogP contribution in [0.4, 0.5) is 4.39 Å². The van der Waals surface area contributed by atoms with E-state index >= 15 is 0 Å². The average molecular weight is 295 g/mol. The summed E-state index contributed by atoms with van der Waals surface area (Å²) in [7, 11) is 2.73. The summed E-state index contributed by atoms with van der Waals surface area (Å²) in [6.07, 6.45) is 0.712. The summed E-state index contributed by atoms with van der Waals surface area (Å²) in [6, 6.07) is 4.46. The minimum Gasteiger partial charge on any atom is -0.494 e. The molecule has 0 aromatic heterocycles. The minimum absolute atomic E-state index is 0.106. The fourth-order valence-electron chi connectivity index (χ4n) is 2.45. The van der Waals surface area contributed by atoms with Crippen molar-refractivity contribution in [1.82, 2.24) is 4.90 Å². The van der Waals surface area contributed by atoms with Gasteiger partial charge in [0.2, 0.25) is 5.91 Å². The average Bonchev–Trinajstić information content (AvgIpc) is 2.96. The summed E-state index contributed by atoms with van der Waals surface area (Å²) in [5.41, 5.74) is 0.583. The van der Waals surface area contributed by atoms with Gasteiger partial charge in [0, 0.05) is 13.1 Å². The summed E-state index contributed by atoms with van der Waals surface area (Å²) >= 11 is 0. The van der Waals surface area contributed by atoms with Crippen molar-refractivity contribution in [2.75, 3.05) is 27.3 Å². The lowest BCUT2D eigenvalue weighted by atomic mass is 10.1. The molecule has 1 aromatic rings. The first-order valence-corrected chi connectivity index (χ1v) is 6.73. The van der Waals surface area contributed by atoms with E-state index < -0.39 is 5.82 Å². The van der Waals surface area contributed by atoms with Gasteiger partial charge in [-0.2, -0.15) is 0 Å². The Labute approximate surface area is 122 Å². The Morgan fingerprint density at radius 2 is 2.14 bits per heavy atom. The van der Waals surface area contributed by atoms with Crippen molar-refractivity contribution in [3.63, 3.8) is 0 Å². The predicted molar refractivity (Wildman–Crippen MR) is 73.4 cm³/mol. The number of esters is 1. The fourth-order valence-corrected chi connectivity index (χ4v) is 2.45. The van der Waals surface area contributed by atoms with Gasteiger partial charge in [0.15, 0.2) is 11.6 Å². The smallest absolute Gasteiger partial charge is 0.310 e. The van der Waals surface area contributed by atoms with Gasteiger partial charge in [-0.1, -0.05) is 6.07 Å². The number of hydrogen-bond donors (Lipinski definition) is 0. The van der Waals surface area contributed by atoms with Crippen molar-refractivity contribution in [3.8, 4) is 5.75 Å². The van der Waals surface area contributed by atoms with E-state index in [9.17, 15) is 14.0 Å². The van der Waals surface area contributed by atoms with Crippen LogP contribution in [0.5, 0.6) is 5.75 Å². The Kier molecular flexibility index (Phi) is 4.77. The predicted octanol–water partition coefficient (Wildman–Crippen LogP) is 1.40. The summed E-state index contributed by atoms with van der Waals surface area (Å²) in [5.74, 6) is -1.01. The number of ether oxygens (including phenoxy) is 2. The van der Waals surface area contributed by atoms with Crippen molar-refractivity contribution in [1.29, 1.82) is 0 Å². The molecular formula is C15H18FNO4. The van der Waals surface area contributed by atoms with Crippen molar-refractivity contribution >= 4 is 11.9 Å². The molecule has 1 amide bonds. The van der Waals surface area contributed by atoms with E-state index in [2.05, 4.69) is 4.74 Å². The molecule has 6 heteroatoms. The first-order valence-electron chi connectivity index (χ1n) is 6.73. The van der Waals surface area contributed by atoms with Crippen molar-refractivity contribution < 1.29 is 23.5 Å². The van der Waals surface area contributed by atoms with Crippen LogP contribution in [-0.4, -0.2) is 44.1 Å². The Hall–Kier alpha value is -2.11. The summed E-state index contributed by atoms with van der Waals surface area (Å²) < 4.78 is 23.1. The molecule has 1 fully saturated rings. The van der Waals surface area contributed by atoms with Crippen LogP contribution in [0.2, 0.25) is 0 Å². The first kappa shape index (κ1) is 15.3. The molecule has 21 heavy (non-hydrogen) atoms. The van der Waals surface area contributed by atoms with Gasteiger partial charge in [-0.3, -0.25) is 9.59 Å². The van der Waals surface area contributed by atoms with Crippen LogP contribution in [0.3, 0.4) is 0 Å². The van der Waals surface area contributed by atoms with Crippen LogP contribution in [0, 0.1) is 11.7 Å². The maximum Gasteiger partial charge on any atom is 0.310 e. The lowest BCUT2D eigenvalue weighted by Gasteiger charge is -2.16. The Morgan fingerprint density at radius 1 is 1.38 bits per heavy atom. The van der Waals surface area contributed by atoms with Crippen LogP contribution < -0.4 is 4.74 Å². The maximum absolute atomic E-state index is 13.6. The zero-order chi connectivity index (χ0) is 15.4. The third-order valence-electron chi connectivity index (χ3n) is 3.65. The van der Waals surface area contributed by atoms with Gasteiger partial charge in [0.1, 0.15) is 0 Å². The highest BCUT2D eigenvalue weighted by molar-refractivity contribution is 5.81. The molecular weight excluding hydrogens is 277 g/mol. The third kappa shape index (κ3) is 3.51. The number of rotatable bonds is 4. The highest BCUT2D eigenvalue weighted by Crippen LogP contribution is 2.21. The molecule has 0 aliphatic carbocycles. The Bertz CT molecular complexity index is 546. The van der Waals surface area contributed by atoms with Crippen LogP contribution in [0.25, 0.3) is 0 Å². The molecule has 114 valence electrons. The van der Waals surface area contributed by atoms with E-state index in [4.69, 9.17) is 4.74 Å². The SMILES string of the molecule is COC(=O)C1CCN(C(=O)Cc2ccc(OC)c(F)c2)C1. The molecule has 0 bridgehead atoms. The number of amides is 1. The molecule has 0 radical (unpaired) electrons. The number of halogens is 1. The minimum atomic E-state index is -0.489. The first-order chi connectivity index (χ1) is 10.0. The fraction of sp³-hybridized carbons (Fsp3) is 0.467. The van der Waals surface area contributed by atoms with Gasteiger partial charge in [-0.25, -0.2) is 4.39 Å². The van der Waals surface area contributed by atoms with Crippen LogP contribution >= 0.6 is 0 Å². The van der Waals surface area contributed by atoms with E-state index in [1.807, 2.05) is 0 Å². The highest BCUT2D eigenvalue weighted by Gasteiger charge is 2.31. The highest BCUT2D eigenvalue weighted by atomic mass is 19.1. The number of carbonyl (C=O) groups is 2. The molecule has 1 aliphatic rings. The normalized spacial score (nSPS) is 17.7. The molecule has 2 rings (SSSR count). The maximum atomic E-state index is 13.6. The number of benzene rings is 1. The van der Waals surface area contributed by atoms with Gasteiger partial charge < -0.3 is 14.4 Å². The molecule has 1 aliphatic heterocycles.